The minimum Gasteiger partial charge on any atom is -0.454 e. The normalized spacial score (nSPS) is 11.5. The van der Waals surface area contributed by atoms with Crippen molar-refractivity contribution < 1.29 is 4.42 Å². The third-order valence-electron chi connectivity index (χ3n) is 9.84. The van der Waals surface area contributed by atoms with Crippen LogP contribution in [0.5, 0.6) is 0 Å². The van der Waals surface area contributed by atoms with E-state index in [0.29, 0.717) is 0 Å². The molecule has 0 unspecified atom stereocenters. The van der Waals surface area contributed by atoms with Gasteiger partial charge in [0.1, 0.15) is 5.58 Å². The van der Waals surface area contributed by atoms with Crippen LogP contribution in [0.4, 0.5) is 34.1 Å². The summed E-state index contributed by atoms with van der Waals surface area (Å²) >= 11 is 1.84. The molecule has 0 saturated heterocycles. The zero-order valence-electron chi connectivity index (χ0n) is 28.2. The molecule has 2 heterocycles. The maximum atomic E-state index is 6.94. The summed E-state index contributed by atoms with van der Waals surface area (Å²) in [5.74, 6) is 0. The molecule has 52 heavy (non-hydrogen) atoms. The highest BCUT2D eigenvalue weighted by Gasteiger charge is 2.23. The van der Waals surface area contributed by atoms with E-state index in [-0.39, 0.29) is 0 Å². The Morgan fingerprint density at radius 3 is 1.65 bits per heavy atom. The molecule has 0 aliphatic rings. The first-order valence-corrected chi connectivity index (χ1v) is 18.3. The lowest BCUT2D eigenvalue weighted by molar-refractivity contribution is 0.669. The van der Waals surface area contributed by atoms with Gasteiger partial charge < -0.3 is 14.2 Å². The predicted molar refractivity (Wildman–Crippen MR) is 221 cm³/mol. The fourth-order valence-electron chi connectivity index (χ4n) is 7.47. The number of nitrogens with zero attached hydrogens (tertiary/aromatic N) is 2. The third kappa shape index (κ3) is 5.12. The number of rotatable bonds is 7. The SMILES string of the molecule is c1ccc(-c2ccc(N(c3ccc4sc5ccccc5c4c3)c3cccc4c3oc3cccc(N(c5ccccc5)c5ccccc5)c34)cc2)cc1. The molecule has 3 nitrogen and oxygen atoms in total. The highest BCUT2D eigenvalue weighted by molar-refractivity contribution is 7.25. The van der Waals surface area contributed by atoms with Crippen molar-refractivity contribution >= 4 is 87.6 Å². The van der Waals surface area contributed by atoms with Gasteiger partial charge in [-0.05, 0) is 90.0 Å². The summed E-state index contributed by atoms with van der Waals surface area (Å²) in [5.41, 5.74) is 10.4. The van der Waals surface area contributed by atoms with E-state index in [0.717, 1.165) is 56.1 Å². The quantitative estimate of drug-likeness (QED) is 0.167. The van der Waals surface area contributed by atoms with Crippen molar-refractivity contribution in [3.8, 4) is 11.1 Å². The van der Waals surface area contributed by atoms with Gasteiger partial charge >= 0.3 is 0 Å². The Labute approximate surface area is 305 Å². The minimum atomic E-state index is 0.841. The van der Waals surface area contributed by atoms with Crippen LogP contribution in [0.1, 0.15) is 0 Å². The second-order valence-electron chi connectivity index (χ2n) is 12.9. The van der Waals surface area contributed by atoms with E-state index in [1.54, 1.807) is 0 Å². The molecule has 0 radical (unpaired) electrons. The summed E-state index contributed by atoms with van der Waals surface area (Å²) in [7, 11) is 0. The number of para-hydroxylation sites is 3. The molecule has 0 fully saturated rings. The van der Waals surface area contributed by atoms with Gasteiger partial charge in [0, 0.05) is 48.3 Å². The molecule has 0 bridgehead atoms. The van der Waals surface area contributed by atoms with Gasteiger partial charge in [-0.3, -0.25) is 0 Å². The molecule has 0 saturated carbocycles. The second-order valence-corrected chi connectivity index (χ2v) is 14.0. The first-order chi connectivity index (χ1) is 25.8. The molecule has 0 aliphatic carbocycles. The molecular weight excluding hydrogens is 653 g/mol. The van der Waals surface area contributed by atoms with E-state index < -0.39 is 0 Å². The molecule has 0 amide bonds. The fraction of sp³-hybridized carbons (Fsp3) is 0. The van der Waals surface area contributed by atoms with Crippen LogP contribution in [0.2, 0.25) is 0 Å². The molecular formula is C48H32N2OS. The van der Waals surface area contributed by atoms with Crippen molar-refractivity contribution in [2.45, 2.75) is 0 Å². The first-order valence-electron chi connectivity index (χ1n) is 17.5. The number of hydrogen-bond donors (Lipinski definition) is 0. The monoisotopic (exact) mass is 684 g/mol. The fourth-order valence-corrected chi connectivity index (χ4v) is 8.56. The molecule has 10 rings (SSSR count). The molecule has 8 aromatic carbocycles. The lowest BCUT2D eigenvalue weighted by Gasteiger charge is -2.26. The summed E-state index contributed by atoms with van der Waals surface area (Å²) in [4.78, 5) is 4.66. The van der Waals surface area contributed by atoms with Gasteiger partial charge in [-0.2, -0.15) is 0 Å². The number of anilines is 6. The Hall–Kier alpha value is -6.62. The van der Waals surface area contributed by atoms with Gasteiger partial charge in [-0.25, -0.2) is 0 Å². The molecule has 0 N–H and O–H groups in total. The van der Waals surface area contributed by atoms with Crippen LogP contribution in [0, 0.1) is 0 Å². The molecule has 2 aromatic heterocycles. The lowest BCUT2D eigenvalue weighted by Crippen LogP contribution is -2.10. The molecule has 246 valence electrons. The van der Waals surface area contributed by atoms with Crippen molar-refractivity contribution in [3.05, 3.63) is 194 Å². The smallest absolute Gasteiger partial charge is 0.159 e. The standard InChI is InChI=1S/C48H32N2OS/c1-4-14-33(15-5-1)34-26-28-37(29-27-34)50(38-30-31-46-41(32-38)39-20-10-11-25-45(39)52-46)43-23-12-21-40-47-42(22-13-24-44(47)51-48(40)43)49(35-16-6-2-7-17-35)36-18-8-3-9-19-36/h1-32H. The maximum Gasteiger partial charge on any atom is 0.159 e. The Morgan fingerprint density at radius 2 is 0.904 bits per heavy atom. The summed E-state index contributed by atoms with van der Waals surface area (Å²) in [5, 5.41) is 4.67. The van der Waals surface area contributed by atoms with Crippen LogP contribution in [0.25, 0.3) is 53.2 Å². The average Bonchev–Trinajstić information content (AvgIpc) is 3.79. The van der Waals surface area contributed by atoms with Crippen LogP contribution in [-0.2, 0) is 0 Å². The zero-order chi connectivity index (χ0) is 34.4. The topological polar surface area (TPSA) is 19.6 Å². The van der Waals surface area contributed by atoms with E-state index >= 15 is 0 Å². The van der Waals surface area contributed by atoms with Gasteiger partial charge in [-0.1, -0.05) is 115 Å². The lowest BCUT2D eigenvalue weighted by atomic mass is 10.0. The maximum absolute atomic E-state index is 6.94. The summed E-state index contributed by atoms with van der Waals surface area (Å²) in [6, 6.07) is 68.9. The van der Waals surface area contributed by atoms with Crippen molar-refractivity contribution in [3.63, 3.8) is 0 Å². The second kappa shape index (κ2) is 12.6. The zero-order valence-corrected chi connectivity index (χ0v) is 29.0. The highest BCUT2D eigenvalue weighted by Crippen LogP contribution is 2.48. The van der Waals surface area contributed by atoms with Crippen LogP contribution < -0.4 is 9.80 Å². The van der Waals surface area contributed by atoms with Crippen molar-refractivity contribution in [2.75, 3.05) is 9.80 Å². The number of thiophene rings is 1. The first kappa shape index (κ1) is 30.2. The Bertz CT molecular complexity index is 2800. The number of fused-ring (bicyclic) bond motifs is 6. The van der Waals surface area contributed by atoms with Gasteiger partial charge in [0.2, 0.25) is 0 Å². The van der Waals surface area contributed by atoms with Crippen molar-refractivity contribution in [1.82, 2.24) is 0 Å². The number of furan rings is 1. The highest BCUT2D eigenvalue weighted by atomic mass is 32.1. The van der Waals surface area contributed by atoms with Crippen LogP contribution in [0.3, 0.4) is 0 Å². The van der Waals surface area contributed by atoms with E-state index in [1.165, 1.54) is 31.3 Å². The van der Waals surface area contributed by atoms with Gasteiger partial charge in [0.25, 0.3) is 0 Å². The van der Waals surface area contributed by atoms with Crippen LogP contribution >= 0.6 is 11.3 Å². The van der Waals surface area contributed by atoms with E-state index in [4.69, 9.17) is 4.42 Å². The largest absolute Gasteiger partial charge is 0.454 e. The van der Waals surface area contributed by atoms with Gasteiger partial charge in [-0.15, -0.1) is 11.3 Å². The number of benzene rings is 8. The van der Waals surface area contributed by atoms with E-state index in [1.807, 2.05) is 11.3 Å². The summed E-state index contributed by atoms with van der Waals surface area (Å²) < 4.78 is 9.51. The Kier molecular flexibility index (Phi) is 7.33. The Balaban J connectivity index is 1.20. The molecule has 10 aromatic rings. The number of hydrogen-bond acceptors (Lipinski definition) is 4. The van der Waals surface area contributed by atoms with Gasteiger partial charge in [0.05, 0.1) is 16.8 Å². The Morgan fingerprint density at radius 1 is 0.365 bits per heavy atom. The minimum absolute atomic E-state index is 0.841. The molecule has 0 atom stereocenters. The average molecular weight is 685 g/mol. The summed E-state index contributed by atoms with van der Waals surface area (Å²) in [6.07, 6.45) is 0. The summed E-state index contributed by atoms with van der Waals surface area (Å²) in [6.45, 7) is 0. The van der Waals surface area contributed by atoms with Crippen LogP contribution in [-0.4, -0.2) is 0 Å². The molecule has 0 spiro atoms. The van der Waals surface area contributed by atoms with Gasteiger partial charge in [0.15, 0.2) is 5.58 Å². The third-order valence-corrected chi connectivity index (χ3v) is 11.0. The molecule has 0 aliphatic heterocycles. The van der Waals surface area contributed by atoms with E-state index in [9.17, 15) is 0 Å². The molecule has 4 heteroatoms. The van der Waals surface area contributed by atoms with Crippen LogP contribution in [0.15, 0.2) is 199 Å². The van der Waals surface area contributed by atoms with E-state index in [2.05, 4.69) is 204 Å². The predicted octanol–water partition coefficient (Wildman–Crippen LogP) is 14.6. The van der Waals surface area contributed by atoms with Crippen molar-refractivity contribution in [1.29, 1.82) is 0 Å². The van der Waals surface area contributed by atoms with Crippen molar-refractivity contribution in [2.24, 2.45) is 0 Å².